The van der Waals surface area contributed by atoms with E-state index >= 15 is 0 Å². The maximum Gasteiger partial charge on any atom is 0.308 e. The molecule has 1 saturated heterocycles. The Balaban J connectivity index is 1.59. The van der Waals surface area contributed by atoms with Crippen LogP contribution in [-0.4, -0.2) is 23.3 Å². The van der Waals surface area contributed by atoms with Gasteiger partial charge in [0.25, 0.3) is 0 Å². The second-order valence-electron chi connectivity index (χ2n) is 7.94. The van der Waals surface area contributed by atoms with Crippen LogP contribution in [0.1, 0.15) is 58.8 Å². The SMILES string of the molecule is CC1CCC2C(C=CC(C)C2CCC2CC(O)CC(=O)O2)C1. The Morgan fingerprint density at radius 3 is 2.77 bits per heavy atom. The van der Waals surface area contributed by atoms with Crippen molar-refractivity contribution in [3.8, 4) is 0 Å². The lowest BCUT2D eigenvalue weighted by Crippen LogP contribution is -2.37. The van der Waals surface area contributed by atoms with E-state index in [1.54, 1.807) is 0 Å². The fourth-order valence-corrected chi connectivity index (χ4v) is 4.95. The molecule has 1 aliphatic heterocycles. The maximum atomic E-state index is 11.5. The number of hydrogen-bond donors (Lipinski definition) is 1. The summed E-state index contributed by atoms with van der Waals surface area (Å²) >= 11 is 0. The summed E-state index contributed by atoms with van der Waals surface area (Å²) in [5.41, 5.74) is 0. The van der Waals surface area contributed by atoms with Gasteiger partial charge in [0.1, 0.15) is 6.10 Å². The summed E-state index contributed by atoms with van der Waals surface area (Å²) in [4.78, 5) is 11.5. The average Bonchev–Trinajstić information content (AvgIpc) is 2.45. The number of ether oxygens (including phenoxy) is 1. The molecule has 3 nitrogen and oxygen atoms in total. The molecule has 7 unspecified atom stereocenters. The van der Waals surface area contributed by atoms with E-state index in [2.05, 4.69) is 26.0 Å². The number of hydrogen-bond acceptors (Lipinski definition) is 3. The highest BCUT2D eigenvalue weighted by Crippen LogP contribution is 2.46. The average molecular weight is 306 g/mol. The van der Waals surface area contributed by atoms with Crippen molar-refractivity contribution in [3.05, 3.63) is 12.2 Å². The summed E-state index contributed by atoms with van der Waals surface area (Å²) in [5.74, 6) is 3.52. The minimum atomic E-state index is -0.502. The van der Waals surface area contributed by atoms with Crippen LogP contribution in [0.15, 0.2) is 12.2 Å². The molecule has 3 aliphatic rings. The Labute approximate surface area is 134 Å². The number of fused-ring (bicyclic) bond motifs is 1. The molecule has 0 bridgehead atoms. The van der Waals surface area contributed by atoms with Crippen molar-refractivity contribution in [2.75, 3.05) is 0 Å². The number of esters is 1. The lowest BCUT2D eigenvalue weighted by Gasteiger charge is -2.44. The fraction of sp³-hybridized carbons (Fsp3) is 0.842. The normalized spacial score (nSPS) is 45.2. The Bertz CT molecular complexity index is 430. The second-order valence-corrected chi connectivity index (χ2v) is 7.94. The van der Waals surface area contributed by atoms with Crippen molar-refractivity contribution in [1.82, 2.24) is 0 Å². The molecule has 0 spiro atoms. The first-order chi connectivity index (χ1) is 10.5. The fourth-order valence-electron chi connectivity index (χ4n) is 4.95. The minimum absolute atomic E-state index is 0.0738. The van der Waals surface area contributed by atoms with Crippen LogP contribution in [0.4, 0.5) is 0 Å². The van der Waals surface area contributed by atoms with Crippen LogP contribution in [0.3, 0.4) is 0 Å². The van der Waals surface area contributed by atoms with Gasteiger partial charge in [-0.05, 0) is 55.3 Å². The predicted octanol–water partition coefficient (Wildman–Crippen LogP) is 3.71. The summed E-state index contributed by atoms with van der Waals surface area (Å²) in [6.07, 6.45) is 11.1. The predicted molar refractivity (Wildman–Crippen MR) is 86.1 cm³/mol. The number of aliphatic hydroxyl groups excluding tert-OH is 1. The standard InChI is InChI=1S/C19H30O3/c1-12-3-7-18-14(9-12)5-4-13(2)17(18)8-6-16-10-15(20)11-19(21)22-16/h4-5,12-18,20H,3,6-11H2,1-2H3. The highest BCUT2D eigenvalue weighted by molar-refractivity contribution is 5.70. The summed E-state index contributed by atoms with van der Waals surface area (Å²) in [7, 11) is 0. The van der Waals surface area contributed by atoms with Gasteiger partial charge in [0, 0.05) is 6.42 Å². The molecular formula is C19H30O3. The van der Waals surface area contributed by atoms with Gasteiger partial charge in [-0.3, -0.25) is 4.79 Å². The third kappa shape index (κ3) is 3.56. The number of cyclic esters (lactones) is 1. The smallest absolute Gasteiger partial charge is 0.308 e. The summed E-state index contributed by atoms with van der Waals surface area (Å²) < 4.78 is 5.42. The van der Waals surface area contributed by atoms with Crippen LogP contribution in [0.2, 0.25) is 0 Å². The molecule has 2 aliphatic carbocycles. The molecule has 1 N–H and O–H groups in total. The third-order valence-electron chi connectivity index (χ3n) is 6.16. The number of allylic oxidation sites excluding steroid dienone is 2. The topological polar surface area (TPSA) is 46.5 Å². The van der Waals surface area contributed by atoms with Gasteiger partial charge in [-0.15, -0.1) is 0 Å². The second kappa shape index (κ2) is 6.74. The first-order valence-corrected chi connectivity index (χ1v) is 9.08. The molecule has 1 saturated carbocycles. The Hall–Kier alpha value is -0.830. The lowest BCUT2D eigenvalue weighted by atomic mass is 9.62. The van der Waals surface area contributed by atoms with Crippen LogP contribution in [-0.2, 0) is 9.53 Å². The minimum Gasteiger partial charge on any atom is -0.462 e. The number of carbonyl (C=O) groups excluding carboxylic acids is 1. The summed E-state index contributed by atoms with van der Waals surface area (Å²) in [5, 5.41) is 9.74. The number of carbonyl (C=O) groups is 1. The van der Waals surface area contributed by atoms with E-state index in [9.17, 15) is 9.90 Å². The van der Waals surface area contributed by atoms with Gasteiger partial charge < -0.3 is 9.84 Å². The van der Waals surface area contributed by atoms with Crippen LogP contribution >= 0.6 is 0 Å². The third-order valence-corrected chi connectivity index (χ3v) is 6.16. The van der Waals surface area contributed by atoms with E-state index in [0.29, 0.717) is 18.3 Å². The zero-order valence-electron chi connectivity index (χ0n) is 13.9. The zero-order chi connectivity index (χ0) is 15.7. The summed E-state index contributed by atoms with van der Waals surface area (Å²) in [6, 6.07) is 0. The Kier molecular flexibility index (Phi) is 4.91. The molecule has 3 rings (SSSR count). The molecule has 22 heavy (non-hydrogen) atoms. The maximum absolute atomic E-state index is 11.5. The first-order valence-electron chi connectivity index (χ1n) is 9.08. The zero-order valence-corrected chi connectivity index (χ0v) is 13.9. The molecule has 0 aromatic heterocycles. The Morgan fingerprint density at radius 2 is 2.00 bits per heavy atom. The largest absolute Gasteiger partial charge is 0.462 e. The van der Waals surface area contributed by atoms with E-state index in [1.807, 2.05) is 0 Å². The van der Waals surface area contributed by atoms with Crippen molar-refractivity contribution in [2.24, 2.45) is 29.6 Å². The van der Waals surface area contributed by atoms with E-state index in [-0.39, 0.29) is 18.5 Å². The molecule has 124 valence electrons. The Morgan fingerprint density at radius 1 is 1.18 bits per heavy atom. The van der Waals surface area contributed by atoms with E-state index in [0.717, 1.165) is 30.6 Å². The molecule has 2 fully saturated rings. The van der Waals surface area contributed by atoms with Gasteiger partial charge in [0.05, 0.1) is 12.5 Å². The molecule has 0 aromatic carbocycles. The molecule has 0 amide bonds. The number of aliphatic hydroxyl groups is 1. The quantitative estimate of drug-likeness (QED) is 0.638. The van der Waals surface area contributed by atoms with Crippen molar-refractivity contribution in [2.45, 2.75) is 71.0 Å². The van der Waals surface area contributed by atoms with Gasteiger partial charge >= 0.3 is 5.97 Å². The highest BCUT2D eigenvalue weighted by Gasteiger charge is 2.38. The summed E-state index contributed by atoms with van der Waals surface area (Å²) in [6.45, 7) is 4.71. The van der Waals surface area contributed by atoms with Crippen molar-refractivity contribution < 1.29 is 14.6 Å². The van der Waals surface area contributed by atoms with Gasteiger partial charge in [-0.2, -0.15) is 0 Å². The molecule has 0 radical (unpaired) electrons. The van der Waals surface area contributed by atoms with Crippen molar-refractivity contribution >= 4 is 5.97 Å². The van der Waals surface area contributed by atoms with E-state index < -0.39 is 6.10 Å². The van der Waals surface area contributed by atoms with E-state index in [1.165, 1.54) is 19.3 Å². The molecular weight excluding hydrogens is 276 g/mol. The van der Waals surface area contributed by atoms with Crippen LogP contribution in [0.25, 0.3) is 0 Å². The highest BCUT2D eigenvalue weighted by atomic mass is 16.5. The van der Waals surface area contributed by atoms with Gasteiger partial charge in [-0.25, -0.2) is 0 Å². The van der Waals surface area contributed by atoms with Gasteiger partial charge in [0.15, 0.2) is 0 Å². The van der Waals surface area contributed by atoms with Crippen LogP contribution in [0.5, 0.6) is 0 Å². The molecule has 0 aromatic rings. The first kappa shape index (κ1) is 16.0. The van der Waals surface area contributed by atoms with Gasteiger partial charge in [-0.1, -0.05) is 32.4 Å². The van der Waals surface area contributed by atoms with Gasteiger partial charge in [0.2, 0.25) is 0 Å². The van der Waals surface area contributed by atoms with Crippen LogP contribution in [0, 0.1) is 29.6 Å². The lowest BCUT2D eigenvalue weighted by molar-refractivity contribution is -0.160. The van der Waals surface area contributed by atoms with E-state index in [4.69, 9.17) is 4.74 Å². The van der Waals surface area contributed by atoms with Crippen molar-refractivity contribution in [1.29, 1.82) is 0 Å². The molecule has 7 atom stereocenters. The van der Waals surface area contributed by atoms with Crippen LogP contribution < -0.4 is 0 Å². The number of rotatable bonds is 3. The van der Waals surface area contributed by atoms with Crippen molar-refractivity contribution in [3.63, 3.8) is 0 Å². The molecule has 3 heteroatoms. The monoisotopic (exact) mass is 306 g/mol. The molecule has 1 heterocycles.